The summed E-state index contributed by atoms with van der Waals surface area (Å²) in [5.74, 6) is -0.705. The third kappa shape index (κ3) is 3.96. The SMILES string of the molecule is CCNC(CC)(CCCN1CCCC1)C(=O)O. The Labute approximate surface area is 104 Å². The molecule has 0 aromatic heterocycles. The van der Waals surface area contributed by atoms with E-state index < -0.39 is 11.5 Å². The maximum Gasteiger partial charge on any atom is 0.323 e. The normalized spacial score (nSPS) is 20.4. The van der Waals surface area contributed by atoms with Crippen molar-refractivity contribution in [1.82, 2.24) is 10.2 Å². The molecule has 1 saturated heterocycles. The monoisotopic (exact) mass is 242 g/mol. The van der Waals surface area contributed by atoms with Gasteiger partial charge >= 0.3 is 5.97 Å². The molecule has 0 saturated carbocycles. The zero-order valence-electron chi connectivity index (χ0n) is 11.2. The summed E-state index contributed by atoms with van der Waals surface area (Å²) in [6.45, 7) is 8.05. The predicted octanol–water partition coefficient (Wildman–Crippen LogP) is 1.71. The lowest BCUT2D eigenvalue weighted by Gasteiger charge is -2.29. The predicted molar refractivity (Wildman–Crippen MR) is 69.2 cm³/mol. The molecule has 1 rings (SSSR count). The first kappa shape index (κ1) is 14.5. The van der Waals surface area contributed by atoms with Gasteiger partial charge in [-0.2, -0.15) is 0 Å². The van der Waals surface area contributed by atoms with E-state index in [0.29, 0.717) is 13.0 Å². The van der Waals surface area contributed by atoms with Crippen molar-refractivity contribution < 1.29 is 9.90 Å². The molecule has 1 aliphatic heterocycles. The summed E-state index contributed by atoms with van der Waals surface area (Å²) in [6.07, 6.45) is 4.93. The second-order valence-electron chi connectivity index (χ2n) is 4.92. The minimum absolute atomic E-state index is 0.649. The first-order valence-electron chi connectivity index (χ1n) is 6.85. The maximum absolute atomic E-state index is 11.4. The third-order valence-corrected chi connectivity index (χ3v) is 3.80. The van der Waals surface area contributed by atoms with E-state index in [-0.39, 0.29) is 0 Å². The fourth-order valence-electron chi connectivity index (χ4n) is 2.67. The van der Waals surface area contributed by atoms with E-state index in [4.69, 9.17) is 0 Å². The van der Waals surface area contributed by atoms with E-state index in [1.54, 1.807) is 0 Å². The first-order valence-corrected chi connectivity index (χ1v) is 6.85. The van der Waals surface area contributed by atoms with Gasteiger partial charge in [0.15, 0.2) is 0 Å². The smallest absolute Gasteiger partial charge is 0.323 e. The van der Waals surface area contributed by atoms with Gasteiger partial charge in [-0.05, 0) is 58.3 Å². The topological polar surface area (TPSA) is 52.6 Å². The number of carboxylic acids is 1. The molecule has 1 aliphatic rings. The lowest BCUT2D eigenvalue weighted by Crippen LogP contribution is -2.51. The van der Waals surface area contributed by atoms with Gasteiger partial charge in [0, 0.05) is 0 Å². The molecule has 0 spiro atoms. The second-order valence-corrected chi connectivity index (χ2v) is 4.92. The van der Waals surface area contributed by atoms with Gasteiger partial charge in [0.2, 0.25) is 0 Å². The van der Waals surface area contributed by atoms with Crippen LogP contribution in [0, 0.1) is 0 Å². The molecule has 1 atom stereocenters. The molecule has 0 bridgehead atoms. The van der Waals surface area contributed by atoms with Crippen molar-refractivity contribution in [2.24, 2.45) is 0 Å². The molecule has 1 fully saturated rings. The summed E-state index contributed by atoms with van der Waals surface area (Å²) in [7, 11) is 0. The minimum Gasteiger partial charge on any atom is -0.480 e. The van der Waals surface area contributed by atoms with Gasteiger partial charge in [0.25, 0.3) is 0 Å². The van der Waals surface area contributed by atoms with Crippen LogP contribution in [0.25, 0.3) is 0 Å². The number of nitrogens with one attached hydrogen (secondary N) is 1. The molecule has 0 radical (unpaired) electrons. The van der Waals surface area contributed by atoms with Crippen molar-refractivity contribution in [2.75, 3.05) is 26.2 Å². The van der Waals surface area contributed by atoms with Crippen LogP contribution in [0.1, 0.15) is 46.0 Å². The summed E-state index contributed by atoms with van der Waals surface area (Å²) in [4.78, 5) is 13.8. The Morgan fingerprint density at radius 2 is 2.00 bits per heavy atom. The van der Waals surface area contributed by atoms with Crippen molar-refractivity contribution >= 4 is 5.97 Å². The highest BCUT2D eigenvalue weighted by atomic mass is 16.4. The molecule has 0 amide bonds. The highest BCUT2D eigenvalue weighted by molar-refractivity contribution is 5.78. The molecular formula is C13H26N2O2. The summed E-state index contributed by atoms with van der Waals surface area (Å²) in [5.41, 5.74) is -0.714. The first-order chi connectivity index (χ1) is 8.14. The molecule has 0 aliphatic carbocycles. The average molecular weight is 242 g/mol. The van der Waals surface area contributed by atoms with Gasteiger partial charge in [0.1, 0.15) is 5.54 Å². The second kappa shape index (κ2) is 6.97. The van der Waals surface area contributed by atoms with Crippen LogP contribution in [0.15, 0.2) is 0 Å². The van der Waals surface area contributed by atoms with E-state index >= 15 is 0 Å². The Kier molecular flexibility index (Phi) is 5.92. The standard InChI is InChI=1S/C13H26N2O2/c1-3-13(12(16)17,14-4-2)8-7-11-15-9-5-6-10-15/h14H,3-11H2,1-2H3,(H,16,17). The molecular weight excluding hydrogens is 216 g/mol. The van der Waals surface area contributed by atoms with Crippen molar-refractivity contribution in [3.8, 4) is 0 Å². The van der Waals surface area contributed by atoms with E-state index in [0.717, 1.165) is 19.4 Å². The lowest BCUT2D eigenvalue weighted by molar-refractivity contribution is -0.145. The van der Waals surface area contributed by atoms with Gasteiger partial charge in [-0.25, -0.2) is 0 Å². The molecule has 2 N–H and O–H groups in total. The van der Waals surface area contributed by atoms with E-state index in [2.05, 4.69) is 10.2 Å². The van der Waals surface area contributed by atoms with Crippen LogP contribution in [0.3, 0.4) is 0 Å². The number of hydrogen-bond donors (Lipinski definition) is 2. The molecule has 1 unspecified atom stereocenters. The minimum atomic E-state index is -0.714. The van der Waals surface area contributed by atoms with Gasteiger partial charge in [-0.3, -0.25) is 4.79 Å². The third-order valence-electron chi connectivity index (χ3n) is 3.80. The van der Waals surface area contributed by atoms with Crippen molar-refractivity contribution in [3.05, 3.63) is 0 Å². The largest absolute Gasteiger partial charge is 0.480 e. The Hall–Kier alpha value is -0.610. The molecule has 0 aromatic rings. The van der Waals surface area contributed by atoms with Crippen molar-refractivity contribution in [2.45, 2.75) is 51.5 Å². The zero-order valence-corrected chi connectivity index (χ0v) is 11.2. The van der Waals surface area contributed by atoms with Crippen LogP contribution < -0.4 is 5.32 Å². The Morgan fingerprint density at radius 3 is 2.47 bits per heavy atom. The van der Waals surface area contributed by atoms with Gasteiger partial charge in [-0.15, -0.1) is 0 Å². The van der Waals surface area contributed by atoms with Crippen molar-refractivity contribution in [1.29, 1.82) is 0 Å². The number of rotatable bonds is 8. The molecule has 4 nitrogen and oxygen atoms in total. The molecule has 4 heteroatoms. The van der Waals surface area contributed by atoms with Gasteiger partial charge in [-0.1, -0.05) is 13.8 Å². The Balaban J connectivity index is 2.39. The Bertz CT molecular complexity index is 240. The highest BCUT2D eigenvalue weighted by Gasteiger charge is 2.35. The molecule has 100 valence electrons. The van der Waals surface area contributed by atoms with Gasteiger partial charge in [0.05, 0.1) is 0 Å². The number of carboxylic acid groups (broad SMARTS) is 1. The summed E-state index contributed by atoms with van der Waals surface area (Å²) in [5, 5.41) is 12.5. The van der Waals surface area contributed by atoms with Crippen LogP contribution in [0.2, 0.25) is 0 Å². The van der Waals surface area contributed by atoms with Crippen LogP contribution in [-0.2, 0) is 4.79 Å². The number of likely N-dealkylation sites (tertiary alicyclic amines) is 1. The van der Waals surface area contributed by atoms with Crippen molar-refractivity contribution in [3.63, 3.8) is 0 Å². The van der Waals surface area contributed by atoms with Crippen LogP contribution in [0.4, 0.5) is 0 Å². The van der Waals surface area contributed by atoms with E-state index in [1.807, 2.05) is 13.8 Å². The highest BCUT2D eigenvalue weighted by Crippen LogP contribution is 2.19. The lowest BCUT2D eigenvalue weighted by atomic mass is 9.90. The summed E-state index contributed by atoms with van der Waals surface area (Å²) >= 11 is 0. The zero-order chi connectivity index (χ0) is 12.7. The fourth-order valence-corrected chi connectivity index (χ4v) is 2.67. The number of carbonyl (C=O) groups is 1. The quantitative estimate of drug-likeness (QED) is 0.680. The molecule has 0 aromatic carbocycles. The maximum atomic E-state index is 11.4. The number of aliphatic carboxylic acids is 1. The van der Waals surface area contributed by atoms with Crippen LogP contribution in [-0.4, -0.2) is 47.7 Å². The van der Waals surface area contributed by atoms with Gasteiger partial charge < -0.3 is 15.3 Å². The summed E-state index contributed by atoms with van der Waals surface area (Å²) < 4.78 is 0. The van der Waals surface area contributed by atoms with Crippen LogP contribution >= 0.6 is 0 Å². The average Bonchev–Trinajstić information content (AvgIpc) is 2.80. The molecule has 17 heavy (non-hydrogen) atoms. The van der Waals surface area contributed by atoms with Crippen LogP contribution in [0.5, 0.6) is 0 Å². The fraction of sp³-hybridized carbons (Fsp3) is 0.923. The number of hydrogen-bond acceptors (Lipinski definition) is 3. The van der Waals surface area contributed by atoms with E-state index in [1.165, 1.54) is 25.9 Å². The number of likely N-dealkylation sites (N-methyl/N-ethyl adjacent to an activating group) is 1. The Morgan fingerprint density at radius 1 is 1.35 bits per heavy atom. The molecule has 1 heterocycles. The van der Waals surface area contributed by atoms with E-state index in [9.17, 15) is 9.90 Å². The summed E-state index contributed by atoms with van der Waals surface area (Å²) in [6, 6.07) is 0. The number of nitrogens with zero attached hydrogens (tertiary/aromatic N) is 1.